The van der Waals surface area contributed by atoms with E-state index in [1.54, 1.807) is 10.6 Å². The van der Waals surface area contributed by atoms with Gasteiger partial charge in [0, 0.05) is 24.4 Å². The molecule has 0 unspecified atom stereocenters. The highest BCUT2D eigenvalue weighted by molar-refractivity contribution is 5.87. The lowest BCUT2D eigenvalue weighted by Crippen LogP contribution is -2.09. The summed E-state index contributed by atoms with van der Waals surface area (Å²) in [5.74, 6) is 0.359. The Morgan fingerprint density at radius 3 is 2.68 bits per heavy atom. The number of aryl methyl sites for hydroxylation is 1. The van der Waals surface area contributed by atoms with Crippen LogP contribution in [0.15, 0.2) is 42.6 Å². The van der Waals surface area contributed by atoms with Crippen LogP contribution >= 0.6 is 0 Å². The minimum atomic E-state index is -4.47. The molecule has 0 spiro atoms. The highest BCUT2D eigenvalue weighted by Crippen LogP contribution is 2.34. The molecule has 0 aliphatic rings. The standard InChI is InChI=1S/C22H22F3N5O/c1-2-13-10-14(4-6-16(13)26)19-12-28-21-20(27-8-3-9-31)29-17-11-15(22(23,24)25)5-7-18(17)30(19)21/h4-7,10-12,31H,2-3,8-9,26H2,1H3,(H,27,29). The monoisotopic (exact) mass is 429 g/mol. The maximum absolute atomic E-state index is 13.3. The molecule has 31 heavy (non-hydrogen) atoms. The third kappa shape index (κ3) is 3.88. The summed E-state index contributed by atoms with van der Waals surface area (Å²) in [5.41, 5.74) is 9.71. The summed E-state index contributed by atoms with van der Waals surface area (Å²) >= 11 is 0. The van der Waals surface area contributed by atoms with Gasteiger partial charge < -0.3 is 16.2 Å². The van der Waals surface area contributed by atoms with E-state index in [1.165, 1.54) is 6.07 Å². The van der Waals surface area contributed by atoms with Gasteiger partial charge in [0.25, 0.3) is 0 Å². The summed E-state index contributed by atoms with van der Waals surface area (Å²) < 4.78 is 41.6. The zero-order valence-corrected chi connectivity index (χ0v) is 16.9. The second-order valence-electron chi connectivity index (χ2n) is 7.24. The van der Waals surface area contributed by atoms with E-state index in [2.05, 4.69) is 15.3 Å². The summed E-state index contributed by atoms with van der Waals surface area (Å²) in [7, 11) is 0. The molecule has 0 saturated carbocycles. The molecule has 0 aliphatic heterocycles. The third-order valence-corrected chi connectivity index (χ3v) is 5.20. The van der Waals surface area contributed by atoms with Gasteiger partial charge in [-0.1, -0.05) is 13.0 Å². The molecule has 162 valence electrons. The van der Waals surface area contributed by atoms with Crippen molar-refractivity contribution in [3.05, 3.63) is 53.7 Å². The number of nitrogens with two attached hydrogens (primary N) is 1. The number of nitrogens with one attached hydrogen (secondary N) is 1. The smallest absolute Gasteiger partial charge is 0.399 e. The first-order chi connectivity index (χ1) is 14.8. The molecular formula is C22H22F3N5O. The number of fused-ring (bicyclic) bond motifs is 3. The van der Waals surface area contributed by atoms with Gasteiger partial charge in [0.1, 0.15) is 0 Å². The van der Waals surface area contributed by atoms with Gasteiger partial charge in [-0.05, 0) is 48.7 Å². The topological polar surface area (TPSA) is 88.5 Å². The maximum Gasteiger partial charge on any atom is 0.416 e. The number of rotatable bonds is 6. The molecule has 0 amide bonds. The molecule has 0 aliphatic carbocycles. The van der Waals surface area contributed by atoms with Crippen LogP contribution in [0.25, 0.3) is 27.9 Å². The van der Waals surface area contributed by atoms with Crippen molar-refractivity contribution < 1.29 is 18.3 Å². The highest BCUT2D eigenvalue weighted by Gasteiger charge is 2.31. The van der Waals surface area contributed by atoms with Crippen LogP contribution in [0.1, 0.15) is 24.5 Å². The number of benzene rings is 2. The average Bonchev–Trinajstić information content (AvgIpc) is 3.19. The molecule has 4 aromatic rings. The second kappa shape index (κ2) is 8.07. The average molecular weight is 429 g/mol. The number of hydrogen-bond donors (Lipinski definition) is 3. The van der Waals surface area contributed by atoms with Crippen LogP contribution in [0.2, 0.25) is 0 Å². The molecule has 6 nitrogen and oxygen atoms in total. The minimum absolute atomic E-state index is 0.0139. The van der Waals surface area contributed by atoms with Gasteiger partial charge in [-0.2, -0.15) is 13.2 Å². The van der Waals surface area contributed by atoms with Crippen LogP contribution in [-0.4, -0.2) is 32.6 Å². The number of anilines is 2. The molecule has 0 bridgehead atoms. The van der Waals surface area contributed by atoms with Crippen molar-refractivity contribution in [3.8, 4) is 11.3 Å². The van der Waals surface area contributed by atoms with Gasteiger partial charge >= 0.3 is 6.18 Å². The predicted molar refractivity (Wildman–Crippen MR) is 115 cm³/mol. The second-order valence-corrected chi connectivity index (χ2v) is 7.24. The zero-order valence-electron chi connectivity index (χ0n) is 16.9. The molecule has 0 saturated heterocycles. The van der Waals surface area contributed by atoms with E-state index in [-0.39, 0.29) is 12.1 Å². The van der Waals surface area contributed by atoms with Gasteiger partial charge in [0.2, 0.25) is 0 Å². The molecular weight excluding hydrogens is 407 g/mol. The van der Waals surface area contributed by atoms with Crippen molar-refractivity contribution in [3.63, 3.8) is 0 Å². The lowest BCUT2D eigenvalue weighted by atomic mass is 10.0. The molecule has 0 fully saturated rings. The van der Waals surface area contributed by atoms with Crippen molar-refractivity contribution in [2.75, 3.05) is 24.2 Å². The van der Waals surface area contributed by atoms with Crippen LogP contribution in [0.3, 0.4) is 0 Å². The SMILES string of the molecule is CCc1cc(-c2cnc3c(NCCCO)nc4cc(C(F)(F)F)ccc4n23)ccc1N. The van der Waals surface area contributed by atoms with Crippen molar-refractivity contribution in [2.45, 2.75) is 25.9 Å². The van der Waals surface area contributed by atoms with Gasteiger partial charge in [-0.25, -0.2) is 9.97 Å². The Labute approximate surface area is 176 Å². The number of halogens is 3. The maximum atomic E-state index is 13.3. The first kappa shape index (κ1) is 20.9. The summed E-state index contributed by atoms with van der Waals surface area (Å²) in [5, 5.41) is 12.1. The Morgan fingerprint density at radius 2 is 1.97 bits per heavy atom. The van der Waals surface area contributed by atoms with Crippen molar-refractivity contribution >= 4 is 28.2 Å². The number of aromatic nitrogens is 3. The van der Waals surface area contributed by atoms with Crippen molar-refractivity contribution in [2.24, 2.45) is 0 Å². The van der Waals surface area contributed by atoms with Gasteiger partial charge in [-0.3, -0.25) is 4.40 Å². The quantitative estimate of drug-likeness (QED) is 0.310. The lowest BCUT2D eigenvalue weighted by Gasteiger charge is -2.14. The van der Waals surface area contributed by atoms with Gasteiger partial charge in [0.05, 0.1) is 28.5 Å². The van der Waals surface area contributed by atoms with Crippen LogP contribution in [-0.2, 0) is 12.6 Å². The largest absolute Gasteiger partial charge is 0.416 e. The Balaban J connectivity index is 1.98. The van der Waals surface area contributed by atoms with E-state index in [0.29, 0.717) is 35.6 Å². The van der Waals surface area contributed by atoms with E-state index in [9.17, 15) is 13.2 Å². The Kier molecular flexibility index (Phi) is 5.45. The number of hydrogen-bond acceptors (Lipinski definition) is 5. The van der Waals surface area contributed by atoms with Crippen LogP contribution in [0.4, 0.5) is 24.7 Å². The number of aliphatic hydroxyl groups excluding tert-OH is 1. The van der Waals surface area contributed by atoms with Gasteiger partial charge in [-0.15, -0.1) is 0 Å². The fraction of sp³-hybridized carbons (Fsp3) is 0.273. The number of imidazole rings is 1. The minimum Gasteiger partial charge on any atom is -0.399 e. The van der Waals surface area contributed by atoms with Crippen LogP contribution in [0.5, 0.6) is 0 Å². The highest BCUT2D eigenvalue weighted by atomic mass is 19.4. The number of nitrogens with zero attached hydrogens (tertiary/aromatic N) is 3. The fourth-order valence-corrected chi connectivity index (χ4v) is 3.59. The summed E-state index contributed by atoms with van der Waals surface area (Å²) in [4.78, 5) is 8.90. The lowest BCUT2D eigenvalue weighted by molar-refractivity contribution is -0.137. The molecule has 2 heterocycles. The normalized spacial score (nSPS) is 12.0. The van der Waals surface area contributed by atoms with Crippen molar-refractivity contribution in [1.82, 2.24) is 14.4 Å². The van der Waals surface area contributed by atoms with Crippen LogP contribution < -0.4 is 11.1 Å². The van der Waals surface area contributed by atoms with E-state index in [0.717, 1.165) is 35.4 Å². The van der Waals surface area contributed by atoms with E-state index in [1.807, 2.05) is 25.1 Å². The first-order valence-electron chi connectivity index (χ1n) is 9.95. The van der Waals surface area contributed by atoms with Crippen molar-refractivity contribution in [1.29, 1.82) is 0 Å². The molecule has 0 radical (unpaired) electrons. The van der Waals surface area contributed by atoms with Gasteiger partial charge in [0.15, 0.2) is 11.5 Å². The molecule has 0 atom stereocenters. The predicted octanol–water partition coefficient (Wildman–Crippen LogP) is 4.51. The summed E-state index contributed by atoms with van der Waals surface area (Å²) in [6.45, 7) is 2.40. The Hall–Kier alpha value is -3.33. The van der Waals surface area contributed by atoms with E-state index in [4.69, 9.17) is 10.8 Å². The molecule has 4 N–H and O–H groups in total. The molecule has 2 aromatic carbocycles. The number of nitrogen functional groups attached to an aromatic ring is 1. The molecule has 4 rings (SSSR count). The fourth-order valence-electron chi connectivity index (χ4n) is 3.59. The summed E-state index contributed by atoms with van der Waals surface area (Å²) in [6, 6.07) is 9.15. The number of alkyl halides is 3. The van der Waals surface area contributed by atoms with E-state index >= 15 is 0 Å². The number of aliphatic hydroxyl groups is 1. The molecule has 9 heteroatoms. The van der Waals surface area contributed by atoms with Crippen LogP contribution in [0, 0.1) is 0 Å². The zero-order chi connectivity index (χ0) is 22.2. The summed E-state index contributed by atoms with van der Waals surface area (Å²) in [6.07, 6.45) is -1.57. The first-order valence-corrected chi connectivity index (χ1v) is 9.95. The Morgan fingerprint density at radius 1 is 1.16 bits per heavy atom. The Bertz CT molecular complexity index is 1250. The third-order valence-electron chi connectivity index (χ3n) is 5.20. The van der Waals surface area contributed by atoms with E-state index < -0.39 is 11.7 Å². The molecule has 2 aromatic heterocycles.